The van der Waals surface area contributed by atoms with Gasteiger partial charge in [-0.2, -0.15) is 0 Å². The molecule has 0 spiro atoms. The molecule has 0 heterocycles. The van der Waals surface area contributed by atoms with Crippen LogP contribution in [0, 0.1) is 0 Å². The first-order chi connectivity index (χ1) is 8.33. The molecule has 17 heavy (non-hydrogen) atoms. The highest BCUT2D eigenvalue weighted by Crippen LogP contribution is 2.22. The van der Waals surface area contributed by atoms with Crippen molar-refractivity contribution in [3.8, 4) is 0 Å². The maximum absolute atomic E-state index is 12.3. The van der Waals surface area contributed by atoms with Crippen LogP contribution in [0.4, 0.5) is 5.69 Å². The fourth-order valence-corrected chi connectivity index (χ4v) is 2.17. The third kappa shape index (κ3) is 2.68. The van der Waals surface area contributed by atoms with Crippen molar-refractivity contribution in [2.24, 2.45) is 0 Å². The summed E-state index contributed by atoms with van der Waals surface area (Å²) in [5.41, 5.74) is 1.60. The highest BCUT2D eigenvalue weighted by molar-refractivity contribution is 8.00. The summed E-state index contributed by atoms with van der Waals surface area (Å²) in [6, 6.07) is 19.0. The minimum absolute atomic E-state index is 0.00398. The van der Waals surface area contributed by atoms with Gasteiger partial charge in [-0.25, -0.2) is 0 Å². The SMILES string of the molecule is CSN(C(=O)c1ccccc1)c1ccccc1. The van der Waals surface area contributed by atoms with Crippen LogP contribution in [0.25, 0.3) is 0 Å². The van der Waals surface area contributed by atoms with Crippen LogP contribution in [0.3, 0.4) is 0 Å². The molecule has 2 nitrogen and oxygen atoms in total. The minimum Gasteiger partial charge on any atom is -0.268 e. The second-order valence-electron chi connectivity index (χ2n) is 3.48. The van der Waals surface area contributed by atoms with Gasteiger partial charge in [-0.1, -0.05) is 36.4 Å². The van der Waals surface area contributed by atoms with Gasteiger partial charge in [-0.05, 0) is 36.2 Å². The number of para-hydroxylation sites is 1. The molecule has 0 N–H and O–H groups in total. The van der Waals surface area contributed by atoms with Crippen molar-refractivity contribution >= 4 is 23.5 Å². The summed E-state index contributed by atoms with van der Waals surface area (Å²) in [6.07, 6.45) is 1.90. The Morgan fingerprint density at radius 1 is 0.941 bits per heavy atom. The summed E-state index contributed by atoms with van der Waals surface area (Å²) in [6.45, 7) is 0. The van der Waals surface area contributed by atoms with Crippen LogP contribution in [0.2, 0.25) is 0 Å². The highest BCUT2D eigenvalue weighted by atomic mass is 32.2. The lowest BCUT2D eigenvalue weighted by Crippen LogP contribution is -2.23. The van der Waals surface area contributed by atoms with E-state index in [1.807, 2.05) is 66.9 Å². The Balaban J connectivity index is 2.29. The van der Waals surface area contributed by atoms with Crippen LogP contribution < -0.4 is 4.31 Å². The van der Waals surface area contributed by atoms with E-state index in [9.17, 15) is 4.79 Å². The average molecular weight is 243 g/mol. The van der Waals surface area contributed by atoms with Gasteiger partial charge < -0.3 is 0 Å². The average Bonchev–Trinajstić information content (AvgIpc) is 2.42. The molecule has 0 aliphatic heterocycles. The van der Waals surface area contributed by atoms with Gasteiger partial charge in [0.1, 0.15) is 0 Å². The van der Waals surface area contributed by atoms with E-state index in [1.165, 1.54) is 11.9 Å². The monoisotopic (exact) mass is 243 g/mol. The first kappa shape index (κ1) is 11.7. The molecule has 0 radical (unpaired) electrons. The number of carbonyl (C=O) groups excluding carboxylic acids is 1. The summed E-state index contributed by atoms with van der Waals surface area (Å²) in [7, 11) is 0. The summed E-state index contributed by atoms with van der Waals surface area (Å²) in [5.74, 6) is 0.00398. The zero-order chi connectivity index (χ0) is 12.1. The van der Waals surface area contributed by atoms with E-state index in [2.05, 4.69) is 0 Å². The quantitative estimate of drug-likeness (QED) is 0.767. The number of rotatable bonds is 3. The summed E-state index contributed by atoms with van der Waals surface area (Å²) >= 11 is 1.41. The van der Waals surface area contributed by atoms with Crippen LogP contribution >= 0.6 is 11.9 Å². The lowest BCUT2D eigenvalue weighted by molar-refractivity contribution is 0.101. The summed E-state index contributed by atoms with van der Waals surface area (Å²) in [4.78, 5) is 12.3. The molecule has 0 saturated heterocycles. The van der Waals surface area contributed by atoms with Gasteiger partial charge in [-0.15, -0.1) is 0 Å². The molecule has 2 aromatic carbocycles. The van der Waals surface area contributed by atoms with Gasteiger partial charge in [-0.3, -0.25) is 9.10 Å². The van der Waals surface area contributed by atoms with Crippen molar-refractivity contribution in [3.05, 3.63) is 66.2 Å². The maximum atomic E-state index is 12.3. The summed E-state index contributed by atoms with van der Waals surface area (Å²) in [5, 5.41) is 0. The number of hydrogen-bond acceptors (Lipinski definition) is 2. The van der Waals surface area contributed by atoms with Gasteiger partial charge in [0.05, 0.1) is 5.69 Å². The first-order valence-corrected chi connectivity index (χ1v) is 6.50. The maximum Gasteiger partial charge on any atom is 0.268 e. The molecule has 2 rings (SSSR count). The standard InChI is InChI=1S/C14H13NOS/c1-17-15(13-10-6-3-7-11-13)14(16)12-8-4-2-5-9-12/h2-11H,1H3. The molecule has 2 aromatic rings. The van der Waals surface area contributed by atoms with Gasteiger partial charge in [0.15, 0.2) is 0 Å². The Labute approximate surface area is 105 Å². The van der Waals surface area contributed by atoms with Gasteiger partial charge >= 0.3 is 0 Å². The molecule has 0 atom stereocenters. The number of hydrogen-bond donors (Lipinski definition) is 0. The largest absolute Gasteiger partial charge is 0.268 e. The highest BCUT2D eigenvalue weighted by Gasteiger charge is 2.15. The Morgan fingerprint density at radius 2 is 1.47 bits per heavy atom. The Bertz CT molecular complexity index is 484. The van der Waals surface area contributed by atoms with Crippen LogP contribution in [-0.4, -0.2) is 12.2 Å². The van der Waals surface area contributed by atoms with E-state index in [4.69, 9.17) is 0 Å². The number of carbonyl (C=O) groups is 1. The molecule has 0 fully saturated rings. The van der Waals surface area contributed by atoms with E-state index in [0.29, 0.717) is 5.56 Å². The number of benzene rings is 2. The number of anilines is 1. The van der Waals surface area contributed by atoms with Crippen LogP contribution in [0.15, 0.2) is 60.7 Å². The lowest BCUT2D eigenvalue weighted by Gasteiger charge is -2.19. The fourth-order valence-electron chi connectivity index (χ4n) is 1.57. The van der Waals surface area contributed by atoms with Crippen molar-refractivity contribution in [2.75, 3.05) is 10.6 Å². The second-order valence-corrected chi connectivity index (χ2v) is 4.21. The van der Waals surface area contributed by atoms with Crippen LogP contribution in [-0.2, 0) is 0 Å². The molecule has 0 bridgehead atoms. The molecule has 86 valence electrons. The Kier molecular flexibility index (Phi) is 3.83. The van der Waals surface area contributed by atoms with Crippen molar-refractivity contribution in [3.63, 3.8) is 0 Å². The molecule has 0 aliphatic rings. The molecule has 0 saturated carbocycles. The van der Waals surface area contributed by atoms with E-state index >= 15 is 0 Å². The van der Waals surface area contributed by atoms with E-state index in [0.717, 1.165) is 5.69 Å². The zero-order valence-corrected chi connectivity index (χ0v) is 10.4. The predicted molar refractivity (Wildman–Crippen MR) is 73.2 cm³/mol. The molecule has 3 heteroatoms. The molecule has 0 unspecified atom stereocenters. The third-order valence-electron chi connectivity index (χ3n) is 2.38. The number of nitrogens with zero attached hydrogens (tertiary/aromatic N) is 1. The van der Waals surface area contributed by atoms with E-state index < -0.39 is 0 Å². The number of amides is 1. The predicted octanol–water partition coefficient (Wildman–Crippen LogP) is 3.61. The van der Waals surface area contributed by atoms with E-state index in [-0.39, 0.29) is 5.91 Å². The normalized spacial score (nSPS) is 9.94. The Hall–Kier alpha value is -1.74. The minimum atomic E-state index is 0.00398. The molecular formula is C14H13NOS. The Morgan fingerprint density at radius 3 is 2.00 bits per heavy atom. The van der Waals surface area contributed by atoms with Crippen LogP contribution in [0.5, 0.6) is 0 Å². The first-order valence-electron chi connectivity index (χ1n) is 5.31. The third-order valence-corrected chi connectivity index (χ3v) is 3.12. The fraction of sp³-hybridized carbons (Fsp3) is 0.0714. The van der Waals surface area contributed by atoms with Gasteiger partial charge in [0, 0.05) is 11.8 Å². The van der Waals surface area contributed by atoms with Gasteiger partial charge in [0.2, 0.25) is 0 Å². The second kappa shape index (κ2) is 5.55. The topological polar surface area (TPSA) is 20.3 Å². The van der Waals surface area contributed by atoms with Crippen molar-refractivity contribution < 1.29 is 4.79 Å². The molecular weight excluding hydrogens is 230 g/mol. The van der Waals surface area contributed by atoms with E-state index in [1.54, 1.807) is 4.31 Å². The molecule has 0 aromatic heterocycles. The van der Waals surface area contributed by atoms with Crippen molar-refractivity contribution in [2.45, 2.75) is 0 Å². The molecule has 1 amide bonds. The van der Waals surface area contributed by atoms with Crippen LogP contribution in [0.1, 0.15) is 10.4 Å². The van der Waals surface area contributed by atoms with Gasteiger partial charge in [0.25, 0.3) is 5.91 Å². The summed E-state index contributed by atoms with van der Waals surface area (Å²) < 4.78 is 1.69. The molecule has 0 aliphatic carbocycles. The van der Waals surface area contributed by atoms with Crippen molar-refractivity contribution in [1.82, 2.24) is 0 Å². The van der Waals surface area contributed by atoms with Crippen molar-refractivity contribution in [1.29, 1.82) is 0 Å². The zero-order valence-electron chi connectivity index (χ0n) is 9.54. The lowest BCUT2D eigenvalue weighted by atomic mass is 10.2. The smallest absolute Gasteiger partial charge is 0.268 e.